The van der Waals surface area contributed by atoms with E-state index in [1.54, 1.807) is 6.07 Å². The number of H-pyrrole nitrogens is 1. The molecule has 0 aromatic carbocycles. The number of fused-ring (bicyclic) bond motifs is 1. The lowest BCUT2D eigenvalue weighted by molar-refractivity contribution is 0.709. The molecule has 0 radical (unpaired) electrons. The van der Waals surface area contributed by atoms with Gasteiger partial charge >= 0.3 is 0 Å². The lowest BCUT2D eigenvalue weighted by atomic mass is 10.1. The van der Waals surface area contributed by atoms with Gasteiger partial charge in [-0.25, -0.2) is 4.98 Å². The fourth-order valence-electron chi connectivity index (χ4n) is 2.13. The van der Waals surface area contributed by atoms with Crippen LogP contribution in [0, 0.1) is 6.92 Å². The molecule has 0 saturated heterocycles. The average Bonchev–Trinajstić information content (AvgIpc) is 2.27. The van der Waals surface area contributed by atoms with E-state index in [1.807, 2.05) is 6.92 Å². The summed E-state index contributed by atoms with van der Waals surface area (Å²) in [6.07, 6.45) is 4.25. The van der Waals surface area contributed by atoms with Gasteiger partial charge in [-0.1, -0.05) is 19.8 Å². The van der Waals surface area contributed by atoms with E-state index >= 15 is 0 Å². The fourth-order valence-corrected chi connectivity index (χ4v) is 2.31. The monoisotopic (exact) mass is 265 g/mol. The Morgan fingerprint density at radius 1 is 1.33 bits per heavy atom. The van der Waals surface area contributed by atoms with Crippen molar-refractivity contribution in [2.45, 2.75) is 39.5 Å². The van der Waals surface area contributed by atoms with Gasteiger partial charge in [0.15, 0.2) is 0 Å². The summed E-state index contributed by atoms with van der Waals surface area (Å²) < 4.78 is 0. The second kappa shape index (κ2) is 5.48. The number of nitrogens with zero attached hydrogens (tertiary/aromatic N) is 2. The van der Waals surface area contributed by atoms with Crippen molar-refractivity contribution >= 4 is 22.6 Å². The molecule has 2 aromatic heterocycles. The van der Waals surface area contributed by atoms with Crippen LogP contribution in [-0.2, 0) is 6.42 Å². The summed E-state index contributed by atoms with van der Waals surface area (Å²) in [6.45, 7) is 4.06. The first-order chi connectivity index (χ1) is 8.61. The van der Waals surface area contributed by atoms with Crippen LogP contribution in [0.15, 0.2) is 10.9 Å². The van der Waals surface area contributed by atoms with E-state index in [1.165, 1.54) is 0 Å². The van der Waals surface area contributed by atoms with E-state index in [2.05, 4.69) is 21.9 Å². The van der Waals surface area contributed by atoms with Gasteiger partial charge in [-0.3, -0.25) is 4.79 Å². The summed E-state index contributed by atoms with van der Waals surface area (Å²) >= 11 is 5.90. The SMILES string of the molecule is CCCCCc1nc(Cl)nc2[nH]c(=O)cc(C)c12. The van der Waals surface area contributed by atoms with E-state index in [9.17, 15) is 4.79 Å². The predicted molar refractivity (Wildman–Crippen MR) is 73.1 cm³/mol. The number of aryl methyl sites for hydroxylation is 2. The molecule has 5 heteroatoms. The van der Waals surface area contributed by atoms with Crippen molar-refractivity contribution in [3.8, 4) is 0 Å². The average molecular weight is 266 g/mol. The second-order valence-corrected chi connectivity index (χ2v) is 4.77. The highest BCUT2D eigenvalue weighted by Gasteiger charge is 2.10. The highest BCUT2D eigenvalue weighted by molar-refractivity contribution is 6.28. The van der Waals surface area contributed by atoms with E-state index in [0.717, 1.165) is 42.3 Å². The van der Waals surface area contributed by atoms with E-state index < -0.39 is 0 Å². The van der Waals surface area contributed by atoms with E-state index in [-0.39, 0.29) is 10.8 Å². The Balaban J connectivity index is 2.53. The smallest absolute Gasteiger partial charge is 0.249 e. The molecule has 0 aliphatic heterocycles. The molecule has 96 valence electrons. The third kappa shape index (κ3) is 2.70. The first-order valence-corrected chi connectivity index (χ1v) is 6.55. The van der Waals surface area contributed by atoms with Crippen LogP contribution in [0.1, 0.15) is 37.4 Å². The lowest BCUT2D eigenvalue weighted by Crippen LogP contribution is -2.09. The second-order valence-electron chi connectivity index (χ2n) is 4.44. The number of halogens is 1. The van der Waals surface area contributed by atoms with Crippen LogP contribution in [0.4, 0.5) is 0 Å². The van der Waals surface area contributed by atoms with Gasteiger partial charge in [0.25, 0.3) is 0 Å². The van der Waals surface area contributed by atoms with Gasteiger partial charge < -0.3 is 4.98 Å². The highest BCUT2D eigenvalue weighted by Crippen LogP contribution is 2.20. The van der Waals surface area contributed by atoms with E-state index in [4.69, 9.17) is 11.6 Å². The number of hydrogen-bond acceptors (Lipinski definition) is 3. The van der Waals surface area contributed by atoms with Crippen LogP contribution in [0.3, 0.4) is 0 Å². The van der Waals surface area contributed by atoms with Gasteiger partial charge in [0.1, 0.15) is 5.65 Å². The Bertz CT molecular complexity index is 621. The highest BCUT2D eigenvalue weighted by atomic mass is 35.5. The third-order valence-electron chi connectivity index (χ3n) is 2.96. The van der Waals surface area contributed by atoms with Gasteiger partial charge in [0, 0.05) is 11.5 Å². The van der Waals surface area contributed by atoms with Crippen molar-refractivity contribution in [3.05, 3.63) is 33.0 Å². The van der Waals surface area contributed by atoms with Gasteiger partial charge in [0.2, 0.25) is 10.8 Å². The first-order valence-electron chi connectivity index (χ1n) is 6.18. The maximum absolute atomic E-state index is 11.4. The van der Waals surface area contributed by atoms with Gasteiger partial charge in [-0.05, 0) is 36.9 Å². The molecule has 0 bridgehead atoms. The Kier molecular flexibility index (Phi) is 3.97. The molecule has 2 rings (SSSR count). The van der Waals surface area contributed by atoms with Crippen molar-refractivity contribution in [2.75, 3.05) is 0 Å². The largest absolute Gasteiger partial charge is 0.306 e. The maximum Gasteiger partial charge on any atom is 0.249 e. The lowest BCUT2D eigenvalue weighted by Gasteiger charge is -2.07. The number of pyridine rings is 1. The molecule has 2 aromatic rings. The summed E-state index contributed by atoms with van der Waals surface area (Å²) in [5.41, 5.74) is 2.20. The summed E-state index contributed by atoms with van der Waals surface area (Å²) in [5.74, 6) is 0. The molecule has 0 fully saturated rings. The number of aromatic nitrogens is 3. The number of nitrogens with one attached hydrogen (secondary N) is 1. The molecule has 0 atom stereocenters. The normalized spacial score (nSPS) is 11.1. The number of hydrogen-bond donors (Lipinski definition) is 1. The molecular formula is C13H16ClN3O. The van der Waals surface area contributed by atoms with Crippen molar-refractivity contribution in [1.82, 2.24) is 15.0 Å². The van der Waals surface area contributed by atoms with E-state index in [0.29, 0.717) is 5.65 Å². The molecular weight excluding hydrogens is 250 g/mol. The van der Waals surface area contributed by atoms with Crippen LogP contribution in [0.2, 0.25) is 5.28 Å². The maximum atomic E-state index is 11.4. The molecule has 4 nitrogen and oxygen atoms in total. The Morgan fingerprint density at radius 3 is 2.83 bits per heavy atom. The minimum Gasteiger partial charge on any atom is -0.306 e. The van der Waals surface area contributed by atoms with Crippen molar-refractivity contribution in [3.63, 3.8) is 0 Å². The Morgan fingerprint density at radius 2 is 2.11 bits per heavy atom. The third-order valence-corrected chi connectivity index (χ3v) is 3.13. The molecule has 1 N–H and O–H groups in total. The quantitative estimate of drug-likeness (QED) is 0.683. The molecule has 2 heterocycles. The zero-order chi connectivity index (χ0) is 13.1. The Labute approximate surface area is 110 Å². The molecule has 0 saturated carbocycles. The van der Waals surface area contributed by atoms with Crippen LogP contribution in [0.25, 0.3) is 11.0 Å². The molecule has 0 aliphatic rings. The van der Waals surface area contributed by atoms with Crippen LogP contribution in [-0.4, -0.2) is 15.0 Å². The summed E-state index contributed by atoms with van der Waals surface area (Å²) in [4.78, 5) is 22.5. The van der Waals surface area contributed by atoms with Crippen LogP contribution < -0.4 is 5.56 Å². The predicted octanol–water partition coefficient (Wildman–Crippen LogP) is 3.01. The number of unbranched alkanes of at least 4 members (excludes halogenated alkanes) is 2. The van der Waals surface area contributed by atoms with Gasteiger partial charge in [0.05, 0.1) is 5.69 Å². The zero-order valence-electron chi connectivity index (χ0n) is 10.6. The number of aromatic amines is 1. The van der Waals surface area contributed by atoms with Crippen molar-refractivity contribution < 1.29 is 0 Å². The van der Waals surface area contributed by atoms with Crippen molar-refractivity contribution in [1.29, 1.82) is 0 Å². The fraction of sp³-hybridized carbons (Fsp3) is 0.462. The first kappa shape index (κ1) is 13.0. The summed E-state index contributed by atoms with van der Waals surface area (Å²) in [6, 6.07) is 1.57. The standard InChI is InChI=1S/C13H16ClN3O/c1-3-4-5-6-9-11-8(2)7-10(18)16-12(11)17-13(14)15-9/h7H,3-6H2,1-2H3,(H,15,16,17,18). The molecule has 18 heavy (non-hydrogen) atoms. The van der Waals surface area contributed by atoms with Gasteiger partial charge in [-0.2, -0.15) is 4.98 Å². The Hall–Kier alpha value is -1.42. The van der Waals surface area contributed by atoms with Crippen LogP contribution >= 0.6 is 11.6 Å². The molecule has 0 aliphatic carbocycles. The minimum absolute atomic E-state index is 0.158. The van der Waals surface area contributed by atoms with Crippen molar-refractivity contribution in [2.24, 2.45) is 0 Å². The zero-order valence-corrected chi connectivity index (χ0v) is 11.3. The molecule has 0 spiro atoms. The van der Waals surface area contributed by atoms with Gasteiger partial charge in [-0.15, -0.1) is 0 Å². The topological polar surface area (TPSA) is 58.6 Å². The van der Waals surface area contributed by atoms with Crippen LogP contribution in [0.5, 0.6) is 0 Å². The summed E-state index contributed by atoms with van der Waals surface area (Å²) in [5, 5.41) is 1.12. The molecule has 0 unspecified atom stereocenters. The summed E-state index contributed by atoms with van der Waals surface area (Å²) in [7, 11) is 0. The molecule has 0 amide bonds. The number of rotatable bonds is 4. The minimum atomic E-state index is -0.158.